The highest BCUT2D eigenvalue weighted by Gasteiger charge is 2.04. The Kier molecular flexibility index (Phi) is 1.98. The number of carbonyl (C=O) groups is 1. The lowest BCUT2D eigenvalue weighted by Gasteiger charge is -2.23. The lowest BCUT2D eigenvalue weighted by atomic mass is 11.3. The van der Waals surface area contributed by atoms with Crippen molar-refractivity contribution in [3.05, 3.63) is 0 Å². The molecule has 0 aliphatic heterocycles. The van der Waals surface area contributed by atoms with E-state index in [1.165, 1.54) is 0 Å². The van der Waals surface area contributed by atoms with Crippen molar-refractivity contribution in [1.82, 2.24) is 0 Å². The van der Waals surface area contributed by atoms with Gasteiger partial charge in [-0.1, -0.05) is 0 Å². The molecule has 0 aromatic carbocycles. The number of hydrogen-bond acceptors (Lipinski definition) is 2. The first kappa shape index (κ1) is 7.43. The summed E-state index contributed by atoms with van der Waals surface area (Å²) in [6.07, 6.45) is 0. The molecule has 0 aliphatic rings. The van der Waals surface area contributed by atoms with Gasteiger partial charge in [0.05, 0.1) is 27.1 Å². The lowest BCUT2D eigenvalue weighted by Crippen LogP contribution is -2.45. The highest BCUT2D eigenvalue weighted by Crippen LogP contribution is 1.84. The van der Waals surface area contributed by atoms with Crippen LogP contribution in [0.1, 0.15) is 0 Å². The fraction of sp³-hybridized carbons (Fsp3) is 0.800. The van der Waals surface area contributed by atoms with Crippen LogP contribution in [-0.4, -0.2) is 38.1 Å². The van der Waals surface area contributed by atoms with Gasteiger partial charge in [-0.2, -0.15) is 0 Å². The molecule has 3 nitrogen and oxygen atoms in total. The van der Waals surface area contributed by atoms with Crippen molar-refractivity contribution in [3.8, 4) is 0 Å². The van der Waals surface area contributed by atoms with Gasteiger partial charge in [0.2, 0.25) is 0 Å². The maximum absolute atomic E-state index is 9.89. The number of quaternary nitrogens is 1. The fourth-order valence-corrected chi connectivity index (χ4v) is 0.387. The first-order valence-electron chi connectivity index (χ1n) is 2.42. The molecule has 0 bridgehead atoms. The standard InChI is InChI=1S/C5H11NO2/c1-6(2,3)4-5(7)8/h4H2,1-3H3/i1+1,2+1,3+1,4+1,5+1. The van der Waals surface area contributed by atoms with Gasteiger partial charge in [-0.15, -0.1) is 0 Å². The fourth-order valence-electron chi connectivity index (χ4n) is 0.387. The lowest BCUT2D eigenvalue weighted by molar-refractivity contribution is -0.864. The minimum atomic E-state index is -1.00. The highest BCUT2D eigenvalue weighted by molar-refractivity contribution is 5.65. The van der Waals surface area contributed by atoms with Crippen LogP contribution < -0.4 is 5.11 Å². The summed E-state index contributed by atoms with van der Waals surface area (Å²) >= 11 is 0. The number of nitrogens with zero attached hydrogens (tertiary/aromatic N) is 1. The van der Waals surface area contributed by atoms with E-state index in [9.17, 15) is 9.90 Å². The van der Waals surface area contributed by atoms with Gasteiger partial charge in [0.15, 0.2) is 0 Å². The number of carboxylic acids is 1. The van der Waals surface area contributed by atoms with Gasteiger partial charge in [-0.05, 0) is 0 Å². The molecule has 3 heteroatoms. The molecule has 0 aromatic heterocycles. The second-order valence-electron chi connectivity index (χ2n) is 2.82. The Morgan fingerprint density at radius 2 is 1.88 bits per heavy atom. The molecule has 48 valence electrons. The Hall–Kier alpha value is -0.570. The Morgan fingerprint density at radius 1 is 1.50 bits per heavy atom. The van der Waals surface area contributed by atoms with Crippen molar-refractivity contribution in [2.24, 2.45) is 0 Å². The van der Waals surface area contributed by atoms with Crippen molar-refractivity contribution in [2.75, 3.05) is 27.7 Å². The van der Waals surface area contributed by atoms with Gasteiger partial charge >= 0.3 is 0 Å². The molecular formula is C5H11NO2. The van der Waals surface area contributed by atoms with Gasteiger partial charge in [0, 0.05) is 0 Å². The molecule has 0 rings (SSSR count). The third kappa shape index (κ3) is 5.43. The van der Waals surface area contributed by atoms with E-state index in [1.54, 1.807) is 21.1 Å². The Balaban J connectivity index is 3.55. The average Bonchev–Trinajstić information content (AvgIpc) is 1.21. The topological polar surface area (TPSA) is 40.1 Å². The predicted octanol–water partition coefficient (Wildman–Crippen LogP) is -1.56. The van der Waals surface area contributed by atoms with Crippen LogP contribution in [0.25, 0.3) is 0 Å². The number of carboxylic acid groups (broad SMARTS) is 1. The largest absolute Gasteiger partial charge is 0.544 e. The molecule has 8 heavy (non-hydrogen) atoms. The van der Waals surface area contributed by atoms with Gasteiger partial charge in [-0.25, -0.2) is 0 Å². The Bertz CT molecular complexity index is 93.1. The summed E-state index contributed by atoms with van der Waals surface area (Å²) in [6.45, 7) is 0.0694. The zero-order chi connectivity index (χ0) is 6.78. The molecular weight excluding hydrogens is 111 g/mol. The molecule has 0 amide bonds. The SMILES string of the molecule is [13CH3][N+]([13CH3])([13CH3])[13CH2][13C](=O)[O-]. The van der Waals surface area contributed by atoms with Crippen molar-refractivity contribution >= 4 is 5.97 Å². The van der Waals surface area contributed by atoms with Crippen LogP contribution in [0, 0.1) is 0 Å². The molecule has 0 N–H and O–H groups in total. The van der Waals surface area contributed by atoms with Crippen LogP contribution >= 0.6 is 0 Å². The molecule has 0 heterocycles. The van der Waals surface area contributed by atoms with Crippen molar-refractivity contribution in [1.29, 1.82) is 0 Å². The molecule has 0 unspecified atom stereocenters. The van der Waals surface area contributed by atoms with E-state index in [1.807, 2.05) is 0 Å². The second-order valence-corrected chi connectivity index (χ2v) is 2.82. The summed E-state index contributed by atoms with van der Waals surface area (Å²) in [5.41, 5.74) is 0. The molecule has 0 saturated carbocycles. The number of carbonyl (C=O) groups excluding carboxylic acids is 1. The summed E-state index contributed by atoms with van der Waals surface area (Å²) in [6, 6.07) is 0. The van der Waals surface area contributed by atoms with Crippen LogP contribution in [0.15, 0.2) is 0 Å². The van der Waals surface area contributed by atoms with Crippen molar-refractivity contribution < 1.29 is 14.4 Å². The van der Waals surface area contributed by atoms with E-state index in [0.717, 1.165) is 0 Å². The number of hydrogen-bond donors (Lipinski definition) is 0. The molecule has 0 atom stereocenters. The Labute approximate surface area is 49.1 Å². The number of likely N-dealkylation sites (N-methyl/N-ethyl adjacent to an activating group) is 1. The smallest absolute Gasteiger partial charge is 0.118 e. The van der Waals surface area contributed by atoms with Gasteiger partial charge in [0.1, 0.15) is 6.54 Å². The van der Waals surface area contributed by atoms with Crippen LogP contribution in [0.5, 0.6) is 0 Å². The van der Waals surface area contributed by atoms with Crippen molar-refractivity contribution in [3.63, 3.8) is 0 Å². The zero-order valence-corrected chi connectivity index (χ0v) is 5.47. The summed E-state index contributed by atoms with van der Waals surface area (Å²) in [7, 11) is 5.40. The van der Waals surface area contributed by atoms with Gasteiger partial charge < -0.3 is 14.4 Å². The van der Waals surface area contributed by atoms with E-state index in [4.69, 9.17) is 0 Å². The van der Waals surface area contributed by atoms with Crippen LogP contribution in [0.2, 0.25) is 0 Å². The molecule has 0 fully saturated rings. The van der Waals surface area contributed by atoms with E-state index >= 15 is 0 Å². The summed E-state index contributed by atoms with van der Waals surface area (Å²) < 4.78 is 0.419. The molecule has 0 spiro atoms. The first-order chi connectivity index (χ1) is 3.42. The monoisotopic (exact) mass is 122 g/mol. The number of rotatable bonds is 2. The summed E-state index contributed by atoms with van der Waals surface area (Å²) in [5, 5.41) is 9.89. The van der Waals surface area contributed by atoms with E-state index < -0.39 is 5.97 Å². The van der Waals surface area contributed by atoms with Gasteiger partial charge in [-0.3, -0.25) is 0 Å². The second kappa shape index (κ2) is 2.13. The summed E-state index contributed by atoms with van der Waals surface area (Å²) in [4.78, 5) is 9.89. The van der Waals surface area contributed by atoms with E-state index in [-0.39, 0.29) is 6.54 Å². The average molecular weight is 122 g/mol. The maximum Gasteiger partial charge on any atom is 0.118 e. The quantitative estimate of drug-likeness (QED) is 0.328. The van der Waals surface area contributed by atoms with E-state index in [0.29, 0.717) is 4.48 Å². The molecule has 0 saturated heterocycles. The minimum absolute atomic E-state index is 0.0694. The van der Waals surface area contributed by atoms with Crippen molar-refractivity contribution in [2.45, 2.75) is 0 Å². The van der Waals surface area contributed by atoms with Gasteiger partial charge in [0.25, 0.3) is 0 Å². The maximum atomic E-state index is 9.89. The zero-order valence-electron chi connectivity index (χ0n) is 5.47. The van der Waals surface area contributed by atoms with E-state index in [2.05, 4.69) is 0 Å². The van der Waals surface area contributed by atoms with Crippen LogP contribution in [0.3, 0.4) is 0 Å². The first-order valence-corrected chi connectivity index (χ1v) is 2.42. The normalized spacial score (nSPS) is 11.4. The number of aliphatic carboxylic acids is 1. The Morgan fingerprint density at radius 3 is 1.88 bits per heavy atom. The van der Waals surface area contributed by atoms with Crippen LogP contribution in [0.4, 0.5) is 0 Å². The molecule has 0 aliphatic carbocycles. The highest BCUT2D eigenvalue weighted by atomic mass is 16.5. The summed E-state index contributed by atoms with van der Waals surface area (Å²) in [5.74, 6) is -1.00. The third-order valence-electron chi connectivity index (χ3n) is 0.603. The molecule has 0 radical (unpaired) electrons. The molecule has 0 aromatic rings. The third-order valence-corrected chi connectivity index (χ3v) is 0.603. The predicted molar refractivity (Wildman–Crippen MR) is 27.9 cm³/mol. The minimum Gasteiger partial charge on any atom is -0.544 e. The van der Waals surface area contributed by atoms with Crippen LogP contribution in [-0.2, 0) is 4.79 Å².